The fourth-order valence-corrected chi connectivity index (χ4v) is 4.96. The SMILES string of the molecule is O=C(OCCC1CCCCCN1)[C@H](c1ccsc1)C1CCCCC1. The van der Waals surface area contributed by atoms with E-state index in [2.05, 4.69) is 22.1 Å². The molecule has 2 aliphatic rings. The zero-order chi connectivity index (χ0) is 16.6. The quantitative estimate of drug-likeness (QED) is 0.744. The minimum Gasteiger partial charge on any atom is -0.465 e. The molecule has 1 aliphatic heterocycles. The van der Waals surface area contributed by atoms with Crippen LogP contribution in [0.4, 0.5) is 0 Å². The summed E-state index contributed by atoms with van der Waals surface area (Å²) in [5.74, 6) is 0.435. The Morgan fingerprint density at radius 1 is 1.17 bits per heavy atom. The van der Waals surface area contributed by atoms with Crippen molar-refractivity contribution >= 4 is 17.3 Å². The van der Waals surface area contributed by atoms with Crippen LogP contribution in [0.25, 0.3) is 0 Å². The van der Waals surface area contributed by atoms with E-state index in [0.29, 0.717) is 18.6 Å². The Kier molecular flexibility index (Phi) is 7.15. The Morgan fingerprint density at radius 2 is 1.96 bits per heavy atom. The predicted octanol–water partition coefficient (Wildman–Crippen LogP) is 4.88. The number of hydrogen-bond donors (Lipinski definition) is 1. The van der Waals surface area contributed by atoms with Crippen LogP contribution in [0, 0.1) is 5.92 Å². The van der Waals surface area contributed by atoms with Crippen molar-refractivity contribution in [1.29, 1.82) is 0 Å². The molecule has 0 spiro atoms. The van der Waals surface area contributed by atoms with Crippen LogP contribution >= 0.6 is 11.3 Å². The van der Waals surface area contributed by atoms with Gasteiger partial charge in [0.2, 0.25) is 0 Å². The maximum atomic E-state index is 12.8. The molecular weight excluding hydrogens is 318 g/mol. The minimum atomic E-state index is -0.0429. The molecule has 1 saturated heterocycles. The molecule has 1 aromatic rings. The molecule has 3 nitrogen and oxygen atoms in total. The van der Waals surface area contributed by atoms with Crippen molar-refractivity contribution in [3.63, 3.8) is 0 Å². The van der Waals surface area contributed by atoms with E-state index < -0.39 is 0 Å². The summed E-state index contributed by atoms with van der Waals surface area (Å²) in [4.78, 5) is 12.8. The lowest BCUT2D eigenvalue weighted by Crippen LogP contribution is -2.31. The summed E-state index contributed by atoms with van der Waals surface area (Å²) in [6, 6.07) is 2.63. The second-order valence-corrected chi connectivity index (χ2v) is 8.17. The fraction of sp³-hybridized carbons (Fsp3) is 0.750. The second-order valence-electron chi connectivity index (χ2n) is 7.39. The molecule has 24 heavy (non-hydrogen) atoms. The summed E-state index contributed by atoms with van der Waals surface area (Å²) < 4.78 is 5.75. The third-order valence-corrected chi connectivity index (χ3v) is 6.35. The van der Waals surface area contributed by atoms with E-state index in [1.807, 2.05) is 0 Å². The van der Waals surface area contributed by atoms with Crippen molar-refractivity contribution in [2.24, 2.45) is 5.92 Å². The molecule has 2 atom stereocenters. The molecule has 0 amide bonds. The number of hydrogen-bond acceptors (Lipinski definition) is 4. The van der Waals surface area contributed by atoms with E-state index in [1.54, 1.807) is 11.3 Å². The van der Waals surface area contributed by atoms with Crippen molar-refractivity contribution in [3.8, 4) is 0 Å². The van der Waals surface area contributed by atoms with Gasteiger partial charge in [-0.05, 0) is 67.0 Å². The Labute approximate surface area is 150 Å². The van der Waals surface area contributed by atoms with E-state index in [9.17, 15) is 4.79 Å². The Morgan fingerprint density at radius 3 is 2.75 bits per heavy atom. The minimum absolute atomic E-state index is 0.00826. The Balaban J connectivity index is 1.53. The smallest absolute Gasteiger partial charge is 0.313 e. The van der Waals surface area contributed by atoms with Gasteiger partial charge in [0.05, 0.1) is 12.5 Å². The number of thiophene rings is 1. The molecule has 1 N–H and O–H groups in total. The largest absolute Gasteiger partial charge is 0.465 e. The zero-order valence-corrected chi connectivity index (χ0v) is 15.5. The summed E-state index contributed by atoms with van der Waals surface area (Å²) in [6.45, 7) is 1.67. The van der Waals surface area contributed by atoms with E-state index >= 15 is 0 Å². The highest BCUT2D eigenvalue weighted by Gasteiger charge is 2.32. The molecule has 0 radical (unpaired) electrons. The Bertz CT molecular complexity index is 474. The van der Waals surface area contributed by atoms with Crippen molar-refractivity contribution in [2.75, 3.05) is 13.2 Å². The molecule has 3 rings (SSSR count). The van der Waals surface area contributed by atoms with Gasteiger partial charge in [0.25, 0.3) is 0 Å². The van der Waals surface area contributed by atoms with Gasteiger partial charge >= 0.3 is 5.97 Å². The number of carbonyl (C=O) groups excluding carboxylic acids is 1. The highest BCUT2D eigenvalue weighted by Crippen LogP contribution is 2.37. The summed E-state index contributed by atoms with van der Waals surface area (Å²) >= 11 is 1.68. The van der Waals surface area contributed by atoms with E-state index in [-0.39, 0.29) is 11.9 Å². The molecule has 134 valence electrons. The number of rotatable bonds is 6. The van der Waals surface area contributed by atoms with Crippen LogP contribution in [0.2, 0.25) is 0 Å². The molecule has 1 aliphatic carbocycles. The Hall–Kier alpha value is -0.870. The summed E-state index contributed by atoms with van der Waals surface area (Å²) in [5.41, 5.74) is 1.17. The number of ether oxygens (including phenoxy) is 1. The second kappa shape index (κ2) is 9.57. The van der Waals surface area contributed by atoms with E-state index in [0.717, 1.165) is 13.0 Å². The van der Waals surface area contributed by atoms with Gasteiger partial charge in [-0.15, -0.1) is 0 Å². The molecule has 0 bridgehead atoms. The number of carbonyl (C=O) groups is 1. The van der Waals surface area contributed by atoms with Gasteiger partial charge in [-0.1, -0.05) is 32.1 Å². The van der Waals surface area contributed by atoms with E-state index in [4.69, 9.17) is 4.74 Å². The first-order chi connectivity index (χ1) is 11.8. The standard InChI is InChI=1S/C20H31NO2S/c22-20(23-13-10-18-9-5-2-6-12-21-18)19(17-11-14-24-15-17)16-7-3-1-4-8-16/h11,14-16,18-19,21H,1-10,12-13H2/t18?,19-/m0/s1. The van der Waals surface area contributed by atoms with Crippen LogP contribution in [-0.2, 0) is 9.53 Å². The van der Waals surface area contributed by atoms with Crippen molar-refractivity contribution in [1.82, 2.24) is 5.32 Å². The van der Waals surface area contributed by atoms with Crippen LogP contribution in [-0.4, -0.2) is 25.2 Å². The third kappa shape index (κ3) is 5.06. The van der Waals surface area contributed by atoms with E-state index in [1.165, 1.54) is 63.4 Å². The fourth-order valence-electron chi connectivity index (χ4n) is 4.26. The highest BCUT2D eigenvalue weighted by molar-refractivity contribution is 7.08. The number of nitrogens with one attached hydrogen (secondary N) is 1. The third-order valence-electron chi connectivity index (χ3n) is 5.65. The van der Waals surface area contributed by atoms with Gasteiger partial charge in [-0.3, -0.25) is 4.79 Å². The van der Waals surface area contributed by atoms with Crippen molar-refractivity contribution in [2.45, 2.75) is 76.2 Å². The first-order valence-electron chi connectivity index (χ1n) is 9.76. The van der Waals surface area contributed by atoms with Gasteiger partial charge in [-0.25, -0.2) is 0 Å². The van der Waals surface area contributed by atoms with Crippen LogP contribution in [0.5, 0.6) is 0 Å². The normalized spacial score (nSPS) is 24.2. The number of esters is 1. The van der Waals surface area contributed by atoms with Crippen LogP contribution < -0.4 is 5.32 Å². The zero-order valence-electron chi connectivity index (χ0n) is 14.7. The molecule has 0 aromatic carbocycles. The topological polar surface area (TPSA) is 38.3 Å². The average Bonchev–Trinajstić information content (AvgIpc) is 3.00. The predicted molar refractivity (Wildman–Crippen MR) is 99.5 cm³/mol. The van der Waals surface area contributed by atoms with Gasteiger partial charge in [0.1, 0.15) is 0 Å². The summed E-state index contributed by atoms with van der Waals surface area (Å²) in [7, 11) is 0. The van der Waals surface area contributed by atoms with Crippen LogP contribution in [0.15, 0.2) is 16.8 Å². The molecule has 1 saturated carbocycles. The average molecular weight is 350 g/mol. The van der Waals surface area contributed by atoms with Crippen molar-refractivity contribution < 1.29 is 9.53 Å². The van der Waals surface area contributed by atoms with Gasteiger partial charge in [0.15, 0.2) is 0 Å². The maximum absolute atomic E-state index is 12.8. The monoisotopic (exact) mass is 349 g/mol. The first-order valence-corrected chi connectivity index (χ1v) is 10.7. The van der Waals surface area contributed by atoms with Crippen LogP contribution in [0.3, 0.4) is 0 Å². The van der Waals surface area contributed by atoms with Gasteiger partial charge in [0, 0.05) is 6.04 Å². The van der Waals surface area contributed by atoms with Gasteiger partial charge < -0.3 is 10.1 Å². The molecule has 2 heterocycles. The summed E-state index contributed by atoms with van der Waals surface area (Å²) in [6.07, 6.45) is 12.2. The lowest BCUT2D eigenvalue weighted by molar-refractivity contribution is -0.147. The lowest BCUT2D eigenvalue weighted by Gasteiger charge is -2.28. The lowest BCUT2D eigenvalue weighted by atomic mass is 9.77. The summed E-state index contributed by atoms with van der Waals surface area (Å²) in [5, 5.41) is 7.80. The van der Waals surface area contributed by atoms with Gasteiger partial charge in [-0.2, -0.15) is 11.3 Å². The van der Waals surface area contributed by atoms with Crippen LogP contribution in [0.1, 0.15) is 75.7 Å². The highest BCUT2D eigenvalue weighted by atomic mass is 32.1. The maximum Gasteiger partial charge on any atom is 0.313 e. The molecule has 4 heteroatoms. The molecular formula is C20H31NO2S. The molecule has 1 aromatic heterocycles. The molecule has 1 unspecified atom stereocenters. The molecule has 2 fully saturated rings. The van der Waals surface area contributed by atoms with Crippen molar-refractivity contribution in [3.05, 3.63) is 22.4 Å². The first kappa shape index (κ1) is 17.9.